The molecule has 0 aliphatic heterocycles. The Morgan fingerprint density at radius 3 is 2.10 bits per heavy atom. The molecule has 1 atom stereocenters. The first-order valence-corrected chi connectivity index (χ1v) is 11.7. The van der Waals surface area contributed by atoms with Crippen molar-refractivity contribution in [3.05, 3.63) is 0 Å². The Morgan fingerprint density at radius 1 is 0.900 bits per heavy atom. The van der Waals surface area contributed by atoms with Crippen molar-refractivity contribution in [1.82, 2.24) is 10.2 Å². The van der Waals surface area contributed by atoms with Gasteiger partial charge in [0.2, 0.25) is 0 Å². The standard InChI is InChI=1S/C21H49N7O2/c1-2-3-4-5-6-7-8-9-10-19(21(24,25)26)30-20(29)11-16-28(17-13-23)18-15-27-14-12-22/h19,27H,2-18,22-26H2,1H3. The number of carbonyl (C=O) groups is 1. The summed E-state index contributed by atoms with van der Waals surface area (Å²) in [6.07, 6.45) is 9.67. The maximum absolute atomic E-state index is 12.3. The van der Waals surface area contributed by atoms with Gasteiger partial charge in [0.15, 0.2) is 5.79 Å². The molecule has 0 heterocycles. The van der Waals surface area contributed by atoms with Gasteiger partial charge in [-0.05, 0) is 12.8 Å². The molecule has 0 aliphatic rings. The zero-order valence-electron chi connectivity index (χ0n) is 19.2. The van der Waals surface area contributed by atoms with Gasteiger partial charge < -0.3 is 26.4 Å². The molecule has 0 aromatic heterocycles. The summed E-state index contributed by atoms with van der Waals surface area (Å²) in [5.41, 5.74) is 28.7. The monoisotopic (exact) mass is 431 g/mol. The summed E-state index contributed by atoms with van der Waals surface area (Å²) in [4.78, 5) is 14.5. The molecule has 0 radical (unpaired) electrons. The van der Waals surface area contributed by atoms with Gasteiger partial charge in [0.05, 0.1) is 6.42 Å². The predicted molar refractivity (Wildman–Crippen MR) is 124 cm³/mol. The summed E-state index contributed by atoms with van der Waals surface area (Å²) in [5.74, 6) is -1.86. The van der Waals surface area contributed by atoms with E-state index >= 15 is 0 Å². The number of carbonyl (C=O) groups excluding carboxylic acids is 1. The molecular weight excluding hydrogens is 382 g/mol. The number of esters is 1. The molecule has 180 valence electrons. The Balaban J connectivity index is 4.23. The van der Waals surface area contributed by atoms with Gasteiger partial charge in [-0.15, -0.1) is 0 Å². The Hall–Kier alpha value is -0.810. The minimum atomic E-state index is -1.53. The van der Waals surface area contributed by atoms with Gasteiger partial charge in [0, 0.05) is 45.8 Å². The lowest BCUT2D eigenvalue weighted by molar-refractivity contribution is -0.153. The molecule has 0 saturated carbocycles. The van der Waals surface area contributed by atoms with Crippen molar-refractivity contribution in [3.8, 4) is 0 Å². The van der Waals surface area contributed by atoms with Crippen LogP contribution in [0.15, 0.2) is 0 Å². The number of ether oxygens (including phenoxy) is 1. The third-order valence-electron chi connectivity index (χ3n) is 5.15. The molecule has 0 saturated heterocycles. The molecule has 0 rings (SSSR count). The molecule has 0 aromatic rings. The highest BCUT2D eigenvalue weighted by Gasteiger charge is 2.29. The Kier molecular flexibility index (Phi) is 18.4. The lowest BCUT2D eigenvalue weighted by Crippen LogP contribution is -2.67. The first-order chi connectivity index (χ1) is 14.3. The second kappa shape index (κ2) is 18.9. The molecule has 0 aromatic carbocycles. The van der Waals surface area contributed by atoms with Crippen molar-refractivity contribution in [1.29, 1.82) is 0 Å². The molecule has 0 spiro atoms. The smallest absolute Gasteiger partial charge is 0.307 e. The number of nitrogens with two attached hydrogens (primary N) is 5. The summed E-state index contributed by atoms with van der Waals surface area (Å²) >= 11 is 0. The van der Waals surface area contributed by atoms with Gasteiger partial charge in [-0.3, -0.25) is 22.0 Å². The Morgan fingerprint density at radius 2 is 1.53 bits per heavy atom. The largest absolute Gasteiger partial charge is 0.457 e. The number of nitrogens with one attached hydrogen (secondary N) is 1. The summed E-state index contributed by atoms with van der Waals surface area (Å²) in [6.45, 7) is 6.99. The van der Waals surface area contributed by atoms with E-state index in [1.807, 2.05) is 0 Å². The molecule has 1 unspecified atom stereocenters. The number of hydrogen-bond acceptors (Lipinski definition) is 9. The molecule has 0 bridgehead atoms. The van der Waals surface area contributed by atoms with Crippen molar-refractivity contribution in [3.63, 3.8) is 0 Å². The van der Waals surface area contributed by atoms with Crippen LogP contribution in [0.5, 0.6) is 0 Å². The van der Waals surface area contributed by atoms with Crippen LogP contribution in [0.2, 0.25) is 0 Å². The van der Waals surface area contributed by atoms with E-state index in [-0.39, 0.29) is 12.4 Å². The minimum Gasteiger partial charge on any atom is -0.457 e. The Bertz CT molecular complexity index is 405. The fourth-order valence-electron chi connectivity index (χ4n) is 3.32. The third kappa shape index (κ3) is 16.9. The zero-order chi connectivity index (χ0) is 22.7. The normalized spacial score (nSPS) is 13.0. The fraction of sp³-hybridized carbons (Fsp3) is 0.952. The molecular formula is C21H49N7O2. The summed E-state index contributed by atoms with van der Waals surface area (Å²) in [6, 6.07) is 0. The Labute approximate surface area is 183 Å². The average Bonchev–Trinajstić information content (AvgIpc) is 2.69. The van der Waals surface area contributed by atoms with Gasteiger partial charge >= 0.3 is 5.97 Å². The lowest BCUT2D eigenvalue weighted by atomic mass is 10.0. The van der Waals surface area contributed by atoms with Crippen molar-refractivity contribution in [2.45, 2.75) is 83.0 Å². The van der Waals surface area contributed by atoms with Crippen LogP contribution in [0.25, 0.3) is 0 Å². The minimum absolute atomic E-state index is 0.251. The van der Waals surface area contributed by atoms with E-state index in [2.05, 4.69) is 17.1 Å². The van der Waals surface area contributed by atoms with Crippen LogP contribution in [0.3, 0.4) is 0 Å². The molecule has 0 aliphatic carbocycles. The summed E-state index contributed by atoms with van der Waals surface area (Å²) < 4.78 is 5.54. The summed E-state index contributed by atoms with van der Waals surface area (Å²) in [5, 5.41) is 3.24. The van der Waals surface area contributed by atoms with Gasteiger partial charge in [-0.25, -0.2) is 0 Å². The van der Waals surface area contributed by atoms with Crippen molar-refractivity contribution in [2.24, 2.45) is 28.7 Å². The topological polar surface area (TPSA) is 172 Å². The first-order valence-electron chi connectivity index (χ1n) is 11.7. The van der Waals surface area contributed by atoms with Crippen LogP contribution in [-0.2, 0) is 9.53 Å². The average molecular weight is 432 g/mol. The van der Waals surface area contributed by atoms with E-state index in [9.17, 15) is 4.79 Å². The highest BCUT2D eigenvalue weighted by Crippen LogP contribution is 2.15. The number of nitrogens with zero attached hydrogens (tertiary/aromatic N) is 1. The van der Waals surface area contributed by atoms with Crippen LogP contribution in [-0.4, -0.2) is 68.6 Å². The number of rotatable bonds is 21. The van der Waals surface area contributed by atoms with Gasteiger partial charge in [0.1, 0.15) is 6.10 Å². The maximum atomic E-state index is 12.3. The van der Waals surface area contributed by atoms with Crippen molar-refractivity contribution < 1.29 is 9.53 Å². The van der Waals surface area contributed by atoms with E-state index in [0.717, 1.165) is 32.5 Å². The van der Waals surface area contributed by atoms with E-state index in [4.69, 9.17) is 33.4 Å². The maximum Gasteiger partial charge on any atom is 0.307 e. The van der Waals surface area contributed by atoms with E-state index in [0.29, 0.717) is 32.6 Å². The van der Waals surface area contributed by atoms with Crippen LogP contribution in [0.4, 0.5) is 0 Å². The third-order valence-corrected chi connectivity index (χ3v) is 5.15. The lowest BCUT2D eigenvalue weighted by Gasteiger charge is -2.30. The van der Waals surface area contributed by atoms with Crippen molar-refractivity contribution in [2.75, 3.05) is 45.8 Å². The molecule has 0 amide bonds. The van der Waals surface area contributed by atoms with E-state index < -0.39 is 11.9 Å². The van der Waals surface area contributed by atoms with Gasteiger partial charge in [0.25, 0.3) is 0 Å². The van der Waals surface area contributed by atoms with Gasteiger partial charge in [-0.2, -0.15) is 0 Å². The van der Waals surface area contributed by atoms with Crippen molar-refractivity contribution >= 4 is 5.97 Å². The fourth-order valence-corrected chi connectivity index (χ4v) is 3.32. The van der Waals surface area contributed by atoms with Crippen LogP contribution >= 0.6 is 0 Å². The second-order valence-electron chi connectivity index (χ2n) is 8.16. The number of unbranched alkanes of at least 4 members (excludes halogenated alkanes) is 7. The van der Waals surface area contributed by atoms with E-state index in [1.165, 1.54) is 38.5 Å². The molecule has 30 heavy (non-hydrogen) atoms. The van der Waals surface area contributed by atoms with E-state index in [1.54, 1.807) is 0 Å². The number of hydrogen-bond donors (Lipinski definition) is 6. The van der Waals surface area contributed by atoms with Crippen LogP contribution in [0.1, 0.15) is 71.1 Å². The molecule has 11 N–H and O–H groups in total. The zero-order valence-corrected chi connectivity index (χ0v) is 19.2. The summed E-state index contributed by atoms with van der Waals surface area (Å²) in [7, 11) is 0. The predicted octanol–water partition coefficient (Wildman–Crippen LogP) is 0.158. The molecule has 9 nitrogen and oxygen atoms in total. The highest BCUT2D eigenvalue weighted by molar-refractivity contribution is 5.69. The second-order valence-corrected chi connectivity index (χ2v) is 8.16. The SMILES string of the molecule is CCCCCCCCCCC(OC(=O)CCN(CCN)CCNCCN)C(N)(N)N. The molecule has 0 fully saturated rings. The quantitative estimate of drug-likeness (QED) is 0.0840. The van der Waals surface area contributed by atoms with Crippen LogP contribution < -0.4 is 34.0 Å². The highest BCUT2D eigenvalue weighted by atomic mass is 16.5. The van der Waals surface area contributed by atoms with Crippen LogP contribution in [0, 0.1) is 0 Å². The first kappa shape index (κ1) is 29.2. The van der Waals surface area contributed by atoms with Gasteiger partial charge in [-0.1, -0.05) is 51.9 Å². The molecule has 9 heteroatoms.